The van der Waals surface area contributed by atoms with Crippen LogP contribution in [-0.2, 0) is 13.6 Å². The maximum absolute atomic E-state index is 13.4. The van der Waals surface area contributed by atoms with Crippen molar-refractivity contribution in [2.24, 2.45) is 7.05 Å². The summed E-state index contributed by atoms with van der Waals surface area (Å²) in [6.45, 7) is 2.05. The van der Waals surface area contributed by atoms with Gasteiger partial charge in [-0.1, -0.05) is 0 Å². The fraction of sp³-hybridized carbons (Fsp3) is 0.250. The van der Waals surface area contributed by atoms with E-state index in [9.17, 15) is 13.2 Å². The van der Waals surface area contributed by atoms with E-state index in [4.69, 9.17) is 0 Å². The zero-order chi connectivity index (χ0) is 13.3. The van der Waals surface area contributed by atoms with Crippen molar-refractivity contribution < 1.29 is 13.2 Å². The van der Waals surface area contributed by atoms with Gasteiger partial charge >= 0.3 is 0 Å². The van der Waals surface area contributed by atoms with Crippen molar-refractivity contribution in [3.05, 3.63) is 47.0 Å². The number of aryl methyl sites for hydroxylation is 2. The largest absolute Gasteiger partial charge is 0.378 e. The molecule has 18 heavy (non-hydrogen) atoms. The van der Waals surface area contributed by atoms with Crippen LogP contribution in [0.15, 0.2) is 18.3 Å². The molecule has 0 radical (unpaired) electrons. The normalized spacial score (nSPS) is 10.7. The highest BCUT2D eigenvalue weighted by Crippen LogP contribution is 2.20. The van der Waals surface area contributed by atoms with Crippen LogP contribution in [0.5, 0.6) is 0 Å². The Morgan fingerprint density at radius 1 is 1.28 bits per heavy atom. The van der Waals surface area contributed by atoms with Crippen molar-refractivity contribution in [2.45, 2.75) is 13.5 Å². The summed E-state index contributed by atoms with van der Waals surface area (Å²) in [6, 6.07) is 1.43. The average Bonchev–Trinajstić information content (AvgIpc) is 2.60. The second-order valence-electron chi connectivity index (χ2n) is 4.02. The minimum atomic E-state index is -1.21. The van der Waals surface area contributed by atoms with E-state index >= 15 is 0 Å². The van der Waals surface area contributed by atoms with Crippen molar-refractivity contribution in [1.82, 2.24) is 9.78 Å². The molecule has 2 aromatic rings. The molecule has 0 aliphatic carbocycles. The van der Waals surface area contributed by atoms with E-state index in [2.05, 4.69) is 10.4 Å². The second kappa shape index (κ2) is 4.72. The van der Waals surface area contributed by atoms with Gasteiger partial charge < -0.3 is 5.32 Å². The zero-order valence-corrected chi connectivity index (χ0v) is 9.97. The van der Waals surface area contributed by atoms with E-state index in [0.717, 1.165) is 17.3 Å². The Hall–Kier alpha value is -1.98. The molecular formula is C12H12F3N3. The number of hydrogen-bond acceptors (Lipinski definition) is 2. The standard InChI is InChI=1S/C12H12F3N3/c1-7-8(6-18(2)17-7)5-16-11-4-9(13)3-10(14)12(11)15/h3-4,6,16H,5H2,1-2H3. The molecule has 0 fully saturated rings. The number of anilines is 1. The third-order valence-electron chi connectivity index (χ3n) is 2.58. The highest BCUT2D eigenvalue weighted by Gasteiger charge is 2.11. The van der Waals surface area contributed by atoms with Crippen LogP contribution in [0.4, 0.5) is 18.9 Å². The SMILES string of the molecule is Cc1nn(C)cc1CNc1cc(F)cc(F)c1F. The van der Waals surface area contributed by atoms with Crippen molar-refractivity contribution in [3.8, 4) is 0 Å². The highest BCUT2D eigenvalue weighted by molar-refractivity contribution is 5.46. The molecule has 0 bridgehead atoms. The first-order chi connectivity index (χ1) is 8.47. The maximum Gasteiger partial charge on any atom is 0.182 e. The van der Waals surface area contributed by atoms with Crippen LogP contribution in [0, 0.1) is 24.4 Å². The van der Waals surface area contributed by atoms with Gasteiger partial charge in [-0.05, 0) is 6.92 Å². The molecule has 2 rings (SSSR count). The third kappa shape index (κ3) is 2.47. The van der Waals surface area contributed by atoms with Crippen LogP contribution in [0.25, 0.3) is 0 Å². The summed E-state index contributed by atoms with van der Waals surface area (Å²) >= 11 is 0. The predicted molar refractivity (Wildman–Crippen MR) is 61.6 cm³/mol. The Kier molecular flexibility index (Phi) is 3.27. The molecule has 0 spiro atoms. The summed E-state index contributed by atoms with van der Waals surface area (Å²) < 4.78 is 40.9. The van der Waals surface area contributed by atoms with E-state index in [1.54, 1.807) is 24.9 Å². The number of nitrogens with zero attached hydrogens (tertiary/aromatic N) is 2. The first-order valence-electron chi connectivity index (χ1n) is 5.35. The monoisotopic (exact) mass is 255 g/mol. The molecule has 96 valence electrons. The molecule has 0 aliphatic rings. The number of benzene rings is 1. The Morgan fingerprint density at radius 3 is 2.61 bits per heavy atom. The third-order valence-corrected chi connectivity index (χ3v) is 2.58. The number of hydrogen-bond donors (Lipinski definition) is 1. The maximum atomic E-state index is 13.4. The molecule has 1 aromatic heterocycles. The Labute approximate surface area is 102 Å². The molecule has 0 atom stereocenters. The summed E-state index contributed by atoms with van der Waals surface area (Å²) in [5, 5.41) is 6.77. The molecule has 1 N–H and O–H groups in total. The molecule has 0 aliphatic heterocycles. The average molecular weight is 255 g/mol. The van der Waals surface area contributed by atoms with E-state index in [0.29, 0.717) is 6.07 Å². The molecule has 1 aromatic carbocycles. The van der Waals surface area contributed by atoms with Crippen LogP contribution < -0.4 is 5.32 Å². The Balaban J connectivity index is 2.18. The molecule has 0 unspecified atom stereocenters. The summed E-state index contributed by atoms with van der Waals surface area (Å²) in [6.07, 6.45) is 1.76. The fourth-order valence-electron chi connectivity index (χ4n) is 1.70. The van der Waals surface area contributed by atoms with Crippen molar-refractivity contribution in [3.63, 3.8) is 0 Å². The summed E-state index contributed by atoms with van der Waals surface area (Å²) in [5.74, 6) is -3.11. The van der Waals surface area contributed by atoms with Crippen LogP contribution in [0.1, 0.15) is 11.3 Å². The van der Waals surface area contributed by atoms with Gasteiger partial charge in [-0.25, -0.2) is 13.2 Å². The first-order valence-corrected chi connectivity index (χ1v) is 5.35. The molecule has 1 heterocycles. The predicted octanol–water partition coefficient (Wildman–Crippen LogP) is 2.76. The summed E-state index contributed by atoms with van der Waals surface area (Å²) in [4.78, 5) is 0. The van der Waals surface area contributed by atoms with Crippen molar-refractivity contribution in [1.29, 1.82) is 0 Å². The number of halogens is 3. The van der Waals surface area contributed by atoms with E-state index in [-0.39, 0.29) is 12.2 Å². The lowest BCUT2D eigenvalue weighted by Crippen LogP contribution is -2.04. The second-order valence-corrected chi connectivity index (χ2v) is 4.02. The Morgan fingerprint density at radius 2 is 2.00 bits per heavy atom. The number of nitrogens with one attached hydrogen (secondary N) is 1. The quantitative estimate of drug-likeness (QED) is 0.855. The van der Waals surface area contributed by atoms with Gasteiger partial charge in [-0.15, -0.1) is 0 Å². The van der Waals surface area contributed by atoms with E-state index < -0.39 is 17.5 Å². The van der Waals surface area contributed by atoms with Gasteiger partial charge in [0.25, 0.3) is 0 Å². The van der Waals surface area contributed by atoms with Crippen LogP contribution in [0.3, 0.4) is 0 Å². The van der Waals surface area contributed by atoms with Crippen LogP contribution >= 0.6 is 0 Å². The fourth-order valence-corrected chi connectivity index (χ4v) is 1.70. The van der Waals surface area contributed by atoms with Crippen molar-refractivity contribution >= 4 is 5.69 Å². The van der Waals surface area contributed by atoms with Gasteiger partial charge in [0.2, 0.25) is 0 Å². The molecular weight excluding hydrogens is 243 g/mol. The van der Waals surface area contributed by atoms with Gasteiger partial charge in [-0.3, -0.25) is 4.68 Å². The molecule has 0 saturated carbocycles. The van der Waals surface area contributed by atoms with Gasteiger partial charge in [0.15, 0.2) is 11.6 Å². The van der Waals surface area contributed by atoms with Crippen molar-refractivity contribution in [2.75, 3.05) is 5.32 Å². The first kappa shape index (κ1) is 12.5. The molecule has 6 heteroatoms. The summed E-state index contributed by atoms with van der Waals surface area (Å²) in [5.41, 5.74) is 1.42. The lowest BCUT2D eigenvalue weighted by atomic mass is 10.2. The number of aromatic nitrogens is 2. The van der Waals surface area contributed by atoms with E-state index in [1.807, 2.05) is 0 Å². The lowest BCUT2D eigenvalue weighted by Gasteiger charge is -2.07. The Bertz CT molecular complexity index is 578. The van der Waals surface area contributed by atoms with Crippen LogP contribution in [0.2, 0.25) is 0 Å². The van der Waals surface area contributed by atoms with Crippen LogP contribution in [-0.4, -0.2) is 9.78 Å². The highest BCUT2D eigenvalue weighted by atomic mass is 19.2. The van der Waals surface area contributed by atoms with Gasteiger partial charge in [0.05, 0.1) is 11.4 Å². The molecule has 0 saturated heterocycles. The summed E-state index contributed by atoms with van der Waals surface area (Å²) in [7, 11) is 1.76. The van der Waals surface area contributed by atoms with Gasteiger partial charge in [-0.2, -0.15) is 5.10 Å². The van der Waals surface area contributed by atoms with E-state index in [1.165, 1.54) is 0 Å². The molecule has 3 nitrogen and oxygen atoms in total. The molecule has 0 amide bonds. The number of rotatable bonds is 3. The minimum absolute atomic E-state index is 0.198. The van der Waals surface area contributed by atoms with Gasteiger partial charge in [0, 0.05) is 37.5 Å². The topological polar surface area (TPSA) is 29.9 Å². The lowest BCUT2D eigenvalue weighted by molar-refractivity contribution is 0.497. The minimum Gasteiger partial charge on any atom is -0.378 e. The van der Waals surface area contributed by atoms with Gasteiger partial charge in [0.1, 0.15) is 5.82 Å². The smallest absolute Gasteiger partial charge is 0.182 e. The zero-order valence-electron chi connectivity index (χ0n) is 9.97.